The first-order chi connectivity index (χ1) is 11.8. The predicted octanol–water partition coefficient (Wildman–Crippen LogP) is 1.56. The minimum atomic E-state index is 0.740. The molecule has 0 atom stereocenters. The lowest BCUT2D eigenvalue weighted by Gasteiger charge is -2.36. The second-order valence-corrected chi connectivity index (χ2v) is 7.58. The van der Waals surface area contributed by atoms with E-state index in [1.807, 2.05) is 11.8 Å². The van der Waals surface area contributed by atoms with Gasteiger partial charge in [0.25, 0.3) is 0 Å². The number of rotatable bonds is 5. The summed E-state index contributed by atoms with van der Waals surface area (Å²) < 4.78 is 0. The Bertz CT molecular complexity index is 507. The van der Waals surface area contributed by atoms with Crippen LogP contribution in [0.5, 0.6) is 0 Å². The molecule has 0 unspecified atom stereocenters. The van der Waals surface area contributed by atoms with E-state index in [4.69, 9.17) is 5.73 Å². The zero-order valence-corrected chi connectivity index (χ0v) is 15.3. The Morgan fingerprint density at radius 2 is 1.71 bits per heavy atom. The quantitative estimate of drug-likeness (QED) is 0.498. The van der Waals surface area contributed by atoms with Gasteiger partial charge in [0, 0.05) is 69.6 Å². The molecular formula is C18H29N5S. The maximum absolute atomic E-state index is 6.10. The lowest BCUT2D eigenvalue weighted by atomic mass is 10.2. The lowest BCUT2D eigenvalue weighted by Crippen LogP contribution is -2.46. The van der Waals surface area contributed by atoms with E-state index in [0.717, 1.165) is 64.7 Å². The Hall–Kier alpha value is -1.40. The van der Waals surface area contributed by atoms with Crippen molar-refractivity contribution < 1.29 is 0 Å². The van der Waals surface area contributed by atoms with E-state index < -0.39 is 0 Å². The van der Waals surface area contributed by atoms with Crippen LogP contribution >= 0.6 is 11.8 Å². The largest absolute Gasteiger partial charge is 0.370 e. The summed E-state index contributed by atoms with van der Waals surface area (Å²) in [6.45, 7) is 8.54. The van der Waals surface area contributed by atoms with E-state index in [1.165, 1.54) is 17.2 Å². The van der Waals surface area contributed by atoms with Crippen molar-refractivity contribution in [1.82, 2.24) is 9.80 Å². The molecule has 0 amide bonds. The fourth-order valence-electron chi connectivity index (χ4n) is 3.25. The van der Waals surface area contributed by atoms with Crippen LogP contribution < -0.4 is 10.6 Å². The zero-order chi connectivity index (χ0) is 16.6. The molecule has 2 fully saturated rings. The van der Waals surface area contributed by atoms with Crippen molar-refractivity contribution in [1.29, 1.82) is 0 Å². The third kappa shape index (κ3) is 5.05. The number of hydrogen-bond donors (Lipinski definition) is 1. The highest BCUT2D eigenvalue weighted by molar-refractivity contribution is 7.99. The van der Waals surface area contributed by atoms with Crippen LogP contribution in [0.4, 0.5) is 5.69 Å². The number of piperazine rings is 1. The van der Waals surface area contributed by atoms with Crippen molar-refractivity contribution in [2.24, 2.45) is 10.7 Å². The summed E-state index contributed by atoms with van der Waals surface area (Å²) >= 11 is 2.00. The summed E-state index contributed by atoms with van der Waals surface area (Å²) in [6, 6.07) is 10.7. The Labute approximate surface area is 149 Å². The van der Waals surface area contributed by atoms with Crippen LogP contribution in [0.3, 0.4) is 0 Å². The average molecular weight is 348 g/mol. The van der Waals surface area contributed by atoms with Crippen molar-refractivity contribution in [3.05, 3.63) is 30.3 Å². The fourth-order valence-corrected chi connectivity index (χ4v) is 4.15. The second kappa shape index (κ2) is 9.18. The van der Waals surface area contributed by atoms with E-state index in [0.29, 0.717) is 0 Å². The van der Waals surface area contributed by atoms with Gasteiger partial charge in [-0.15, -0.1) is 0 Å². The smallest absolute Gasteiger partial charge is 0.191 e. The summed E-state index contributed by atoms with van der Waals surface area (Å²) in [7, 11) is 0. The summed E-state index contributed by atoms with van der Waals surface area (Å²) in [5.41, 5.74) is 7.44. The van der Waals surface area contributed by atoms with Gasteiger partial charge >= 0.3 is 0 Å². The molecule has 0 aromatic heterocycles. The number of guanidine groups is 1. The SMILES string of the molecule is NC(=NCCCN1CCN(c2ccccc2)CC1)N1CCSCC1. The molecule has 1 aromatic rings. The number of hydrogen-bond acceptors (Lipinski definition) is 4. The first kappa shape index (κ1) is 17.4. The van der Waals surface area contributed by atoms with E-state index in [1.54, 1.807) is 0 Å². The van der Waals surface area contributed by atoms with E-state index in [-0.39, 0.29) is 0 Å². The number of para-hydroxylation sites is 1. The molecule has 2 N–H and O–H groups in total. The van der Waals surface area contributed by atoms with Gasteiger partial charge in [0.2, 0.25) is 0 Å². The van der Waals surface area contributed by atoms with E-state index >= 15 is 0 Å². The molecule has 0 spiro atoms. The van der Waals surface area contributed by atoms with Gasteiger partial charge in [-0.3, -0.25) is 9.89 Å². The van der Waals surface area contributed by atoms with Gasteiger partial charge < -0.3 is 15.5 Å². The van der Waals surface area contributed by atoms with Crippen LogP contribution in [0, 0.1) is 0 Å². The molecule has 0 saturated carbocycles. The molecule has 2 aliphatic heterocycles. The number of nitrogens with two attached hydrogens (primary N) is 1. The van der Waals surface area contributed by atoms with Gasteiger partial charge in [-0.2, -0.15) is 11.8 Å². The molecule has 24 heavy (non-hydrogen) atoms. The molecule has 132 valence electrons. The van der Waals surface area contributed by atoms with Gasteiger partial charge in [-0.05, 0) is 18.6 Å². The molecule has 2 aliphatic rings. The van der Waals surface area contributed by atoms with Crippen molar-refractivity contribution in [3.8, 4) is 0 Å². The van der Waals surface area contributed by atoms with Crippen LogP contribution in [0.2, 0.25) is 0 Å². The van der Waals surface area contributed by atoms with Crippen molar-refractivity contribution in [2.45, 2.75) is 6.42 Å². The Morgan fingerprint density at radius 1 is 1.00 bits per heavy atom. The summed E-state index contributed by atoms with van der Waals surface area (Å²) in [4.78, 5) is 11.8. The number of benzene rings is 1. The number of nitrogens with zero attached hydrogens (tertiary/aromatic N) is 4. The van der Waals surface area contributed by atoms with Gasteiger partial charge in [0.15, 0.2) is 5.96 Å². The Morgan fingerprint density at radius 3 is 2.42 bits per heavy atom. The topological polar surface area (TPSA) is 48.1 Å². The fraction of sp³-hybridized carbons (Fsp3) is 0.611. The molecule has 5 nitrogen and oxygen atoms in total. The predicted molar refractivity (Wildman–Crippen MR) is 105 cm³/mol. The molecule has 0 bridgehead atoms. The third-order valence-electron chi connectivity index (χ3n) is 4.73. The normalized spacial score (nSPS) is 20.4. The monoisotopic (exact) mass is 347 g/mol. The summed E-state index contributed by atoms with van der Waals surface area (Å²) in [5.74, 6) is 3.08. The molecule has 0 aliphatic carbocycles. The highest BCUT2D eigenvalue weighted by atomic mass is 32.2. The van der Waals surface area contributed by atoms with Gasteiger partial charge in [-0.25, -0.2) is 0 Å². The van der Waals surface area contributed by atoms with Crippen LogP contribution in [-0.2, 0) is 0 Å². The van der Waals surface area contributed by atoms with Crippen molar-refractivity contribution in [3.63, 3.8) is 0 Å². The first-order valence-electron chi connectivity index (χ1n) is 8.98. The van der Waals surface area contributed by atoms with E-state index in [2.05, 4.69) is 50.0 Å². The van der Waals surface area contributed by atoms with Crippen LogP contribution in [0.25, 0.3) is 0 Å². The standard InChI is InChI=1S/C18H29N5S/c19-18(23-13-15-24-16-14-23)20-7-4-8-21-9-11-22(12-10-21)17-5-2-1-3-6-17/h1-3,5-6H,4,7-16H2,(H2,19,20). The molecule has 1 aromatic carbocycles. The minimum Gasteiger partial charge on any atom is -0.370 e. The summed E-state index contributed by atoms with van der Waals surface area (Å²) in [5, 5.41) is 0. The van der Waals surface area contributed by atoms with Gasteiger partial charge in [0.1, 0.15) is 0 Å². The van der Waals surface area contributed by atoms with Crippen LogP contribution in [0.1, 0.15) is 6.42 Å². The second-order valence-electron chi connectivity index (χ2n) is 6.36. The zero-order valence-electron chi connectivity index (χ0n) is 14.4. The Balaban J connectivity index is 1.33. The van der Waals surface area contributed by atoms with E-state index in [9.17, 15) is 0 Å². The first-order valence-corrected chi connectivity index (χ1v) is 10.1. The summed E-state index contributed by atoms with van der Waals surface area (Å²) in [6.07, 6.45) is 1.09. The number of thioether (sulfide) groups is 1. The van der Waals surface area contributed by atoms with Crippen molar-refractivity contribution in [2.75, 3.05) is 68.8 Å². The molecule has 6 heteroatoms. The van der Waals surface area contributed by atoms with Crippen molar-refractivity contribution >= 4 is 23.4 Å². The highest BCUT2D eigenvalue weighted by Crippen LogP contribution is 2.15. The average Bonchev–Trinajstić information content (AvgIpc) is 2.67. The molecule has 3 rings (SSSR count). The number of aliphatic imine (C=N–C) groups is 1. The molecule has 0 radical (unpaired) electrons. The minimum absolute atomic E-state index is 0.740. The molecular weight excluding hydrogens is 318 g/mol. The molecule has 2 heterocycles. The lowest BCUT2D eigenvalue weighted by molar-refractivity contribution is 0.256. The third-order valence-corrected chi connectivity index (χ3v) is 5.68. The van der Waals surface area contributed by atoms with Crippen LogP contribution in [0.15, 0.2) is 35.3 Å². The maximum Gasteiger partial charge on any atom is 0.191 e. The Kier molecular flexibility index (Phi) is 6.66. The maximum atomic E-state index is 6.10. The highest BCUT2D eigenvalue weighted by Gasteiger charge is 2.16. The van der Waals surface area contributed by atoms with Gasteiger partial charge in [0.05, 0.1) is 0 Å². The van der Waals surface area contributed by atoms with Gasteiger partial charge in [-0.1, -0.05) is 18.2 Å². The number of anilines is 1. The van der Waals surface area contributed by atoms with Crippen LogP contribution in [-0.4, -0.2) is 79.6 Å². The molecule has 2 saturated heterocycles.